The highest BCUT2D eigenvalue weighted by atomic mass is 35.5. The lowest BCUT2D eigenvalue weighted by molar-refractivity contribution is -0.139. The summed E-state index contributed by atoms with van der Waals surface area (Å²) in [7, 11) is 1.57. The van der Waals surface area contributed by atoms with Gasteiger partial charge in [-0.15, -0.1) is 0 Å². The highest BCUT2D eigenvalue weighted by Gasteiger charge is 2.35. The number of hydroxylamine groups is 1. The van der Waals surface area contributed by atoms with Crippen molar-refractivity contribution in [2.75, 3.05) is 20.3 Å². The zero-order chi connectivity index (χ0) is 24.3. The Balaban J connectivity index is 1.54. The maximum atomic E-state index is 13.3. The number of benzene rings is 2. The molecule has 0 spiro atoms. The summed E-state index contributed by atoms with van der Waals surface area (Å²) >= 11 is 5.72. The Morgan fingerprint density at radius 2 is 1.91 bits per heavy atom. The van der Waals surface area contributed by atoms with Gasteiger partial charge in [0.15, 0.2) is 5.84 Å². The van der Waals surface area contributed by atoms with Gasteiger partial charge in [0.05, 0.1) is 12.7 Å². The number of pyridine rings is 1. The molecule has 34 heavy (non-hydrogen) atoms. The SMILES string of the molecule is COc1cc(C2=N[C@@H](COc3ccc(Cl)cc3C(F)(F)F)CON2)ccc1-c1ccnc(C)c1. The first-order chi connectivity index (χ1) is 16.2. The second-order valence-corrected chi connectivity index (χ2v) is 8.03. The maximum absolute atomic E-state index is 13.3. The van der Waals surface area contributed by atoms with E-state index in [1.807, 2.05) is 37.3 Å². The summed E-state index contributed by atoms with van der Waals surface area (Å²) in [6, 6.07) is 12.3. The summed E-state index contributed by atoms with van der Waals surface area (Å²) in [6.45, 7) is 1.93. The van der Waals surface area contributed by atoms with Crippen LogP contribution in [0.5, 0.6) is 11.5 Å². The van der Waals surface area contributed by atoms with E-state index in [-0.39, 0.29) is 24.0 Å². The maximum Gasteiger partial charge on any atom is 0.420 e. The molecule has 0 aliphatic carbocycles. The number of amidine groups is 1. The molecule has 3 aromatic rings. The number of aliphatic imine (C=N–C) groups is 1. The number of aromatic nitrogens is 1. The van der Waals surface area contributed by atoms with Crippen LogP contribution >= 0.6 is 11.6 Å². The highest BCUT2D eigenvalue weighted by Crippen LogP contribution is 2.38. The van der Waals surface area contributed by atoms with E-state index in [4.69, 9.17) is 25.9 Å². The highest BCUT2D eigenvalue weighted by molar-refractivity contribution is 6.30. The molecule has 0 unspecified atom stereocenters. The van der Waals surface area contributed by atoms with Crippen molar-refractivity contribution in [3.8, 4) is 22.6 Å². The molecular formula is C24H21ClF3N3O3. The van der Waals surface area contributed by atoms with E-state index in [9.17, 15) is 13.2 Å². The first-order valence-electron chi connectivity index (χ1n) is 10.3. The number of hydrogen-bond donors (Lipinski definition) is 1. The van der Waals surface area contributed by atoms with Crippen LogP contribution in [0.1, 0.15) is 16.8 Å². The first-order valence-corrected chi connectivity index (χ1v) is 10.7. The number of rotatable bonds is 6. The van der Waals surface area contributed by atoms with Crippen LogP contribution in [-0.2, 0) is 11.0 Å². The molecule has 1 aliphatic heterocycles. The summed E-state index contributed by atoms with van der Waals surface area (Å²) < 4.78 is 51.0. The van der Waals surface area contributed by atoms with Gasteiger partial charge in [-0.05, 0) is 55.0 Å². The fraction of sp³-hybridized carbons (Fsp3) is 0.250. The second kappa shape index (κ2) is 9.90. The third-order valence-corrected chi connectivity index (χ3v) is 5.35. The van der Waals surface area contributed by atoms with Crippen molar-refractivity contribution in [1.82, 2.24) is 10.5 Å². The van der Waals surface area contributed by atoms with Gasteiger partial charge in [0.25, 0.3) is 0 Å². The van der Waals surface area contributed by atoms with Crippen molar-refractivity contribution in [1.29, 1.82) is 0 Å². The third-order valence-electron chi connectivity index (χ3n) is 5.12. The number of halogens is 4. The van der Waals surface area contributed by atoms with Crippen molar-refractivity contribution >= 4 is 17.4 Å². The van der Waals surface area contributed by atoms with E-state index >= 15 is 0 Å². The quantitative estimate of drug-likeness (QED) is 0.495. The summed E-state index contributed by atoms with van der Waals surface area (Å²) in [4.78, 5) is 14.2. The third kappa shape index (κ3) is 5.43. The smallest absolute Gasteiger partial charge is 0.420 e. The Hall–Kier alpha value is -3.30. The van der Waals surface area contributed by atoms with Crippen LogP contribution < -0.4 is 15.0 Å². The summed E-state index contributed by atoms with van der Waals surface area (Å²) in [5.74, 6) is 0.732. The van der Waals surface area contributed by atoms with Gasteiger partial charge in [0.1, 0.15) is 30.8 Å². The Morgan fingerprint density at radius 1 is 1.09 bits per heavy atom. The molecule has 0 saturated heterocycles. The van der Waals surface area contributed by atoms with Crippen molar-refractivity contribution < 1.29 is 27.5 Å². The van der Waals surface area contributed by atoms with Crippen molar-refractivity contribution in [3.05, 3.63) is 76.6 Å². The van der Waals surface area contributed by atoms with E-state index in [0.29, 0.717) is 17.1 Å². The van der Waals surface area contributed by atoms with Crippen LogP contribution in [0.2, 0.25) is 5.02 Å². The number of alkyl halides is 3. The molecule has 178 valence electrons. The van der Waals surface area contributed by atoms with E-state index in [1.54, 1.807) is 13.3 Å². The molecule has 0 fully saturated rings. The predicted octanol–water partition coefficient (Wildman–Crippen LogP) is 5.47. The van der Waals surface area contributed by atoms with Crippen LogP contribution in [0.3, 0.4) is 0 Å². The summed E-state index contributed by atoms with van der Waals surface area (Å²) in [6.07, 6.45) is -2.86. The molecule has 0 bridgehead atoms. The predicted molar refractivity (Wildman–Crippen MR) is 122 cm³/mol. The van der Waals surface area contributed by atoms with E-state index < -0.39 is 17.8 Å². The lowest BCUT2D eigenvalue weighted by Crippen LogP contribution is -2.38. The zero-order valence-corrected chi connectivity index (χ0v) is 19.1. The first kappa shape index (κ1) is 23.8. The van der Waals surface area contributed by atoms with Gasteiger partial charge in [0, 0.05) is 28.0 Å². The largest absolute Gasteiger partial charge is 0.496 e. The molecule has 1 aliphatic rings. The number of nitrogens with one attached hydrogen (secondary N) is 1. The lowest BCUT2D eigenvalue weighted by atomic mass is 10.0. The van der Waals surface area contributed by atoms with Crippen LogP contribution in [0.25, 0.3) is 11.1 Å². The Bertz CT molecular complexity index is 1220. The standard InChI is InChI=1S/C24H21ClF3N3O3/c1-14-9-15(7-8-29-14)19-5-3-16(10-22(19)32-2)23-30-18(13-34-31-23)12-33-21-6-4-17(25)11-20(21)24(26,27)28/h3-11,18H,12-13H2,1-2H3,(H,30,31)/t18-/m0/s1. The normalized spacial score (nSPS) is 15.9. The lowest BCUT2D eigenvalue weighted by Gasteiger charge is -2.23. The average Bonchev–Trinajstić information content (AvgIpc) is 2.82. The Labute approximate surface area is 199 Å². The molecule has 10 heteroatoms. The summed E-state index contributed by atoms with van der Waals surface area (Å²) in [5, 5.41) is -0.0236. The van der Waals surface area contributed by atoms with Crippen LogP contribution in [0.4, 0.5) is 13.2 Å². The number of nitrogens with zero attached hydrogens (tertiary/aromatic N) is 2. The molecule has 6 nitrogen and oxygen atoms in total. The molecule has 2 heterocycles. The van der Waals surface area contributed by atoms with Crippen LogP contribution in [0, 0.1) is 6.92 Å². The van der Waals surface area contributed by atoms with Crippen molar-refractivity contribution in [3.63, 3.8) is 0 Å². The van der Waals surface area contributed by atoms with Gasteiger partial charge in [-0.1, -0.05) is 17.7 Å². The molecule has 1 atom stereocenters. The number of aryl methyl sites for hydroxylation is 1. The van der Waals surface area contributed by atoms with Crippen LogP contribution in [0.15, 0.2) is 59.7 Å². The molecule has 0 saturated carbocycles. The van der Waals surface area contributed by atoms with Gasteiger partial charge >= 0.3 is 6.18 Å². The Morgan fingerprint density at radius 3 is 2.65 bits per heavy atom. The molecular weight excluding hydrogens is 471 g/mol. The topological polar surface area (TPSA) is 65.0 Å². The Kier molecular flexibility index (Phi) is 6.95. The monoisotopic (exact) mass is 491 g/mol. The van der Waals surface area contributed by atoms with Crippen LogP contribution in [-0.4, -0.2) is 37.2 Å². The fourth-order valence-corrected chi connectivity index (χ4v) is 3.67. The minimum absolute atomic E-state index is 0.0236. The molecule has 2 aromatic carbocycles. The van der Waals surface area contributed by atoms with Gasteiger partial charge in [-0.2, -0.15) is 13.2 Å². The number of hydrogen-bond acceptors (Lipinski definition) is 6. The second-order valence-electron chi connectivity index (χ2n) is 7.59. The fourth-order valence-electron chi connectivity index (χ4n) is 3.50. The molecule has 0 amide bonds. The average molecular weight is 492 g/mol. The zero-order valence-electron chi connectivity index (χ0n) is 18.3. The number of ether oxygens (including phenoxy) is 2. The summed E-state index contributed by atoms with van der Waals surface area (Å²) in [5.41, 5.74) is 5.24. The van der Waals surface area contributed by atoms with Gasteiger partial charge in [0.2, 0.25) is 0 Å². The van der Waals surface area contributed by atoms with Gasteiger partial charge in [-0.25, -0.2) is 5.48 Å². The van der Waals surface area contributed by atoms with E-state index in [1.165, 1.54) is 12.1 Å². The molecule has 4 rings (SSSR count). The molecule has 1 aromatic heterocycles. The van der Waals surface area contributed by atoms with Gasteiger partial charge < -0.3 is 9.47 Å². The van der Waals surface area contributed by atoms with E-state index in [0.717, 1.165) is 22.9 Å². The molecule has 0 radical (unpaired) electrons. The van der Waals surface area contributed by atoms with E-state index in [2.05, 4.69) is 15.5 Å². The van der Waals surface area contributed by atoms with Crippen molar-refractivity contribution in [2.45, 2.75) is 19.1 Å². The van der Waals surface area contributed by atoms with Gasteiger partial charge in [-0.3, -0.25) is 14.8 Å². The number of methoxy groups -OCH3 is 1. The molecule has 1 N–H and O–H groups in total. The minimum atomic E-state index is -4.59. The van der Waals surface area contributed by atoms with Crippen molar-refractivity contribution in [2.24, 2.45) is 4.99 Å². The minimum Gasteiger partial charge on any atom is -0.496 e.